The van der Waals surface area contributed by atoms with Gasteiger partial charge in [-0.15, -0.1) is 0 Å². The van der Waals surface area contributed by atoms with Crippen LogP contribution in [0.15, 0.2) is 88.4 Å². The van der Waals surface area contributed by atoms with Gasteiger partial charge in [-0.2, -0.15) is 0 Å². The summed E-state index contributed by atoms with van der Waals surface area (Å²) < 4.78 is 61.1. The molecule has 0 fully saturated rings. The van der Waals surface area contributed by atoms with Crippen LogP contribution in [-0.4, -0.2) is 19.9 Å². The summed E-state index contributed by atoms with van der Waals surface area (Å²) in [6.45, 7) is 4.90. The van der Waals surface area contributed by atoms with E-state index < -0.39 is 26.6 Å². The summed E-state index contributed by atoms with van der Waals surface area (Å²) in [6, 6.07) is 18.6. The summed E-state index contributed by atoms with van der Waals surface area (Å²) in [7, 11) is -4.23. The van der Waals surface area contributed by atoms with Gasteiger partial charge >= 0.3 is 0 Å². The van der Waals surface area contributed by atoms with Crippen molar-refractivity contribution in [3.63, 3.8) is 0 Å². The topological polar surface area (TPSA) is 75.4 Å². The van der Waals surface area contributed by atoms with Crippen LogP contribution in [-0.2, 0) is 10.0 Å². The Kier molecular flexibility index (Phi) is 6.09. The van der Waals surface area contributed by atoms with Gasteiger partial charge in [-0.1, -0.05) is 32.0 Å². The van der Waals surface area contributed by atoms with Crippen LogP contribution in [0.2, 0.25) is 0 Å². The van der Waals surface area contributed by atoms with Crippen LogP contribution >= 0.6 is 0 Å². The lowest BCUT2D eigenvalue weighted by molar-refractivity contribution is 0.568. The van der Waals surface area contributed by atoms with Crippen LogP contribution in [0.1, 0.15) is 13.8 Å². The number of hydrogen-bond donors (Lipinski definition) is 1. The Balaban J connectivity index is 1.56. The van der Waals surface area contributed by atoms with Crippen LogP contribution in [0.25, 0.3) is 21.9 Å². The molecule has 0 saturated heterocycles. The molecular formula is C27H23F2N3O3S. The van der Waals surface area contributed by atoms with Crippen molar-refractivity contribution in [1.82, 2.24) is 4.98 Å². The lowest BCUT2D eigenvalue weighted by atomic mass is 10.1. The summed E-state index contributed by atoms with van der Waals surface area (Å²) in [4.78, 5) is 6.39. The Morgan fingerprint density at radius 2 is 1.72 bits per heavy atom. The van der Waals surface area contributed by atoms with Crippen LogP contribution in [0, 0.1) is 17.6 Å². The lowest BCUT2D eigenvalue weighted by Crippen LogP contribution is -2.23. The van der Waals surface area contributed by atoms with E-state index in [0.717, 1.165) is 28.8 Å². The number of furan rings is 1. The lowest BCUT2D eigenvalue weighted by Gasteiger charge is -2.26. The first-order valence-corrected chi connectivity index (χ1v) is 12.8. The normalized spacial score (nSPS) is 11.9. The zero-order chi connectivity index (χ0) is 25.4. The first-order chi connectivity index (χ1) is 17.2. The van der Waals surface area contributed by atoms with Crippen LogP contribution in [0.4, 0.5) is 26.0 Å². The molecule has 0 aliphatic rings. The van der Waals surface area contributed by atoms with Crippen molar-refractivity contribution in [1.29, 1.82) is 0 Å². The van der Waals surface area contributed by atoms with Crippen LogP contribution < -0.4 is 9.62 Å². The molecule has 0 aliphatic carbocycles. The Labute approximate surface area is 207 Å². The SMILES string of the molecule is CC(C)CN(c1ccc2c(NS(=O)(=O)c3cc(F)cc(F)c3)cccc2n1)c1cccc2ccoc12. The number of nitrogens with one attached hydrogen (secondary N) is 1. The molecule has 0 spiro atoms. The molecule has 6 nitrogen and oxygen atoms in total. The van der Waals surface area contributed by atoms with E-state index in [1.807, 2.05) is 30.3 Å². The van der Waals surface area contributed by atoms with E-state index in [1.54, 1.807) is 30.5 Å². The second-order valence-electron chi connectivity index (χ2n) is 8.87. The predicted molar refractivity (Wildman–Crippen MR) is 137 cm³/mol. The van der Waals surface area contributed by atoms with E-state index in [9.17, 15) is 17.2 Å². The number of pyridine rings is 1. The van der Waals surface area contributed by atoms with Crippen molar-refractivity contribution in [2.75, 3.05) is 16.2 Å². The van der Waals surface area contributed by atoms with E-state index in [2.05, 4.69) is 23.5 Å². The highest BCUT2D eigenvalue weighted by Crippen LogP contribution is 2.35. The highest BCUT2D eigenvalue weighted by Gasteiger charge is 2.20. The highest BCUT2D eigenvalue weighted by molar-refractivity contribution is 7.92. The number of anilines is 3. The van der Waals surface area contributed by atoms with Gasteiger partial charge in [0, 0.05) is 23.4 Å². The number of rotatable bonds is 7. The molecule has 0 radical (unpaired) electrons. The molecule has 36 heavy (non-hydrogen) atoms. The number of halogens is 2. The third-order valence-electron chi connectivity index (χ3n) is 5.68. The van der Waals surface area contributed by atoms with Crippen molar-refractivity contribution in [3.05, 3.63) is 90.7 Å². The molecule has 0 bridgehead atoms. The number of para-hydroxylation sites is 1. The monoisotopic (exact) mass is 507 g/mol. The number of sulfonamides is 1. The van der Waals surface area contributed by atoms with Gasteiger partial charge in [0.2, 0.25) is 0 Å². The Bertz CT molecular complexity index is 1660. The van der Waals surface area contributed by atoms with E-state index in [4.69, 9.17) is 9.40 Å². The van der Waals surface area contributed by atoms with Gasteiger partial charge in [0.25, 0.3) is 10.0 Å². The summed E-state index contributed by atoms with van der Waals surface area (Å²) in [5.41, 5.74) is 2.44. The van der Waals surface area contributed by atoms with Crippen molar-refractivity contribution < 1.29 is 21.6 Å². The maximum atomic E-state index is 13.6. The van der Waals surface area contributed by atoms with Gasteiger partial charge in [-0.05, 0) is 54.4 Å². The average molecular weight is 508 g/mol. The van der Waals surface area contributed by atoms with Gasteiger partial charge in [0.15, 0.2) is 5.58 Å². The van der Waals surface area contributed by atoms with Crippen molar-refractivity contribution in [2.24, 2.45) is 5.92 Å². The van der Waals surface area contributed by atoms with E-state index in [1.165, 1.54) is 0 Å². The molecule has 0 aliphatic heterocycles. The molecule has 184 valence electrons. The Hall–Kier alpha value is -3.98. The van der Waals surface area contributed by atoms with Crippen molar-refractivity contribution in [2.45, 2.75) is 18.7 Å². The minimum atomic E-state index is -4.23. The molecule has 3 aromatic carbocycles. The summed E-state index contributed by atoms with van der Waals surface area (Å²) in [6.07, 6.45) is 1.65. The molecule has 5 rings (SSSR count). The minimum Gasteiger partial charge on any atom is -0.462 e. The fourth-order valence-electron chi connectivity index (χ4n) is 4.14. The largest absolute Gasteiger partial charge is 0.462 e. The smallest absolute Gasteiger partial charge is 0.262 e. The third-order valence-corrected chi connectivity index (χ3v) is 7.03. The molecule has 2 aromatic heterocycles. The molecule has 1 N–H and O–H groups in total. The molecule has 5 aromatic rings. The number of benzene rings is 3. The summed E-state index contributed by atoms with van der Waals surface area (Å²) in [5.74, 6) is -0.960. The second kappa shape index (κ2) is 9.23. The fraction of sp³-hybridized carbons (Fsp3) is 0.148. The number of hydrogen-bond acceptors (Lipinski definition) is 5. The average Bonchev–Trinajstić information content (AvgIpc) is 3.31. The molecule has 0 atom stereocenters. The molecular weight excluding hydrogens is 484 g/mol. The van der Waals surface area contributed by atoms with Crippen molar-refractivity contribution in [3.8, 4) is 0 Å². The Morgan fingerprint density at radius 3 is 2.47 bits per heavy atom. The zero-order valence-corrected chi connectivity index (χ0v) is 20.4. The van der Waals surface area contributed by atoms with Gasteiger partial charge in [0.05, 0.1) is 28.1 Å². The van der Waals surface area contributed by atoms with Crippen LogP contribution in [0.5, 0.6) is 0 Å². The third kappa shape index (κ3) is 4.61. The molecule has 2 heterocycles. The maximum Gasteiger partial charge on any atom is 0.262 e. The Morgan fingerprint density at radius 1 is 0.972 bits per heavy atom. The summed E-state index contributed by atoms with van der Waals surface area (Å²) >= 11 is 0. The van der Waals surface area contributed by atoms with Gasteiger partial charge in [0.1, 0.15) is 17.5 Å². The molecule has 0 saturated carbocycles. The predicted octanol–water partition coefficient (Wildman–Crippen LogP) is 6.85. The van der Waals surface area contributed by atoms with Crippen molar-refractivity contribution >= 4 is 49.1 Å². The highest BCUT2D eigenvalue weighted by atomic mass is 32.2. The molecule has 9 heteroatoms. The minimum absolute atomic E-state index is 0.250. The quantitative estimate of drug-likeness (QED) is 0.261. The number of fused-ring (bicyclic) bond motifs is 2. The van der Waals surface area contributed by atoms with Crippen LogP contribution in [0.3, 0.4) is 0 Å². The van der Waals surface area contributed by atoms with Gasteiger partial charge in [-0.25, -0.2) is 22.2 Å². The van der Waals surface area contributed by atoms with E-state index in [0.29, 0.717) is 35.2 Å². The zero-order valence-electron chi connectivity index (χ0n) is 19.6. The van der Waals surface area contributed by atoms with E-state index in [-0.39, 0.29) is 5.69 Å². The van der Waals surface area contributed by atoms with Gasteiger partial charge < -0.3 is 9.32 Å². The molecule has 0 amide bonds. The molecule has 0 unspecified atom stereocenters. The standard InChI is InChI=1S/C27H23F2N3O3S/c1-17(2)16-32(25-8-3-5-18-11-12-35-27(18)25)26-10-9-22-23(30-26)6-4-7-24(22)31-36(33,34)21-14-19(28)13-20(29)15-21/h3-15,17,31H,16H2,1-2H3. The first-order valence-electron chi connectivity index (χ1n) is 11.3. The fourth-order valence-corrected chi connectivity index (χ4v) is 5.26. The summed E-state index contributed by atoms with van der Waals surface area (Å²) in [5, 5.41) is 1.52. The van der Waals surface area contributed by atoms with E-state index >= 15 is 0 Å². The first kappa shape index (κ1) is 23.7. The maximum absolute atomic E-state index is 13.6. The number of aromatic nitrogens is 1. The van der Waals surface area contributed by atoms with Gasteiger partial charge in [-0.3, -0.25) is 4.72 Å². The number of nitrogens with zero attached hydrogens (tertiary/aromatic N) is 2. The second-order valence-corrected chi connectivity index (χ2v) is 10.6.